The zero-order valence-electron chi connectivity index (χ0n) is 17.4. The Balaban J connectivity index is 1.60. The van der Waals surface area contributed by atoms with Gasteiger partial charge in [0.05, 0.1) is 12.5 Å². The standard InChI is InChI=1S/C19H26ClN5O4S2/c1-3-29-16-7-6-15(20)11-17(16)31(27,28)25-9-4-5-14(12-25)18(26)21-8-10-30-19-22-13(2)23-24-19/h6-7,11,14H,3-5,8-10,12H2,1-2H3,(H,21,26)(H,22,23,24). The predicted molar refractivity (Wildman–Crippen MR) is 119 cm³/mol. The maximum absolute atomic E-state index is 13.3. The lowest BCUT2D eigenvalue weighted by Gasteiger charge is -2.31. The molecule has 1 fully saturated rings. The number of hydrogen-bond donors (Lipinski definition) is 2. The highest BCUT2D eigenvalue weighted by molar-refractivity contribution is 7.99. The molecule has 9 nitrogen and oxygen atoms in total. The molecule has 1 aliphatic heterocycles. The summed E-state index contributed by atoms with van der Waals surface area (Å²) in [7, 11) is -3.84. The smallest absolute Gasteiger partial charge is 0.246 e. The fraction of sp³-hybridized carbons (Fsp3) is 0.526. The number of carbonyl (C=O) groups excluding carboxylic acids is 1. The van der Waals surface area contributed by atoms with E-state index in [4.69, 9.17) is 16.3 Å². The average Bonchev–Trinajstić information content (AvgIpc) is 3.17. The molecule has 12 heteroatoms. The van der Waals surface area contributed by atoms with E-state index in [-0.39, 0.29) is 23.1 Å². The van der Waals surface area contributed by atoms with Crippen LogP contribution >= 0.6 is 23.4 Å². The fourth-order valence-corrected chi connectivity index (χ4v) is 5.94. The van der Waals surface area contributed by atoms with Crippen molar-refractivity contribution in [2.75, 3.05) is 32.0 Å². The maximum Gasteiger partial charge on any atom is 0.246 e. The topological polar surface area (TPSA) is 117 Å². The number of thioether (sulfide) groups is 1. The van der Waals surface area contributed by atoms with Crippen molar-refractivity contribution in [1.82, 2.24) is 24.8 Å². The van der Waals surface area contributed by atoms with E-state index in [1.54, 1.807) is 19.1 Å². The molecule has 1 aromatic heterocycles. The molecule has 31 heavy (non-hydrogen) atoms. The Morgan fingerprint density at radius 1 is 1.45 bits per heavy atom. The van der Waals surface area contributed by atoms with Gasteiger partial charge in [-0.05, 0) is 44.9 Å². The van der Waals surface area contributed by atoms with E-state index in [2.05, 4.69) is 20.5 Å². The van der Waals surface area contributed by atoms with Crippen LogP contribution in [0.4, 0.5) is 0 Å². The summed E-state index contributed by atoms with van der Waals surface area (Å²) in [4.78, 5) is 16.8. The number of carbonyl (C=O) groups is 1. The molecule has 2 aromatic rings. The molecule has 1 aromatic carbocycles. The molecular formula is C19H26ClN5O4S2. The summed E-state index contributed by atoms with van der Waals surface area (Å²) in [5.41, 5.74) is 0. The highest BCUT2D eigenvalue weighted by atomic mass is 35.5. The van der Waals surface area contributed by atoms with E-state index >= 15 is 0 Å². The molecule has 0 saturated carbocycles. The number of amides is 1. The van der Waals surface area contributed by atoms with Crippen LogP contribution in [0, 0.1) is 12.8 Å². The Labute approximate surface area is 191 Å². The average molecular weight is 488 g/mol. The van der Waals surface area contributed by atoms with Gasteiger partial charge in [-0.1, -0.05) is 23.4 Å². The molecular weight excluding hydrogens is 462 g/mol. The Hall–Kier alpha value is -1.82. The highest BCUT2D eigenvalue weighted by Crippen LogP contribution is 2.32. The summed E-state index contributed by atoms with van der Waals surface area (Å²) >= 11 is 7.48. The minimum absolute atomic E-state index is 0.0288. The highest BCUT2D eigenvalue weighted by Gasteiger charge is 2.35. The van der Waals surface area contributed by atoms with Crippen LogP contribution in [0.5, 0.6) is 5.75 Å². The quantitative estimate of drug-likeness (QED) is 0.412. The number of H-pyrrole nitrogens is 1. The van der Waals surface area contributed by atoms with Crippen molar-refractivity contribution in [3.05, 3.63) is 29.0 Å². The van der Waals surface area contributed by atoms with E-state index < -0.39 is 15.9 Å². The van der Waals surface area contributed by atoms with Gasteiger partial charge >= 0.3 is 0 Å². The lowest BCUT2D eigenvalue weighted by Crippen LogP contribution is -2.45. The first-order valence-corrected chi connectivity index (χ1v) is 12.8. The van der Waals surface area contributed by atoms with Crippen molar-refractivity contribution in [1.29, 1.82) is 0 Å². The van der Waals surface area contributed by atoms with Gasteiger partial charge in [-0.3, -0.25) is 9.89 Å². The van der Waals surface area contributed by atoms with E-state index in [0.29, 0.717) is 48.5 Å². The molecule has 1 unspecified atom stereocenters. The van der Waals surface area contributed by atoms with Gasteiger partial charge in [0, 0.05) is 30.4 Å². The van der Waals surface area contributed by atoms with Crippen LogP contribution in [0.1, 0.15) is 25.6 Å². The number of piperidine rings is 1. The van der Waals surface area contributed by atoms with E-state index in [9.17, 15) is 13.2 Å². The Morgan fingerprint density at radius 2 is 2.26 bits per heavy atom. The number of halogens is 1. The van der Waals surface area contributed by atoms with Crippen LogP contribution in [-0.4, -0.2) is 65.8 Å². The van der Waals surface area contributed by atoms with E-state index in [0.717, 1.165) is 5.82 Å². The SMILES string of the molecule is CCOc1ccc(Cl)cc1S(=O)(=O)N1CCCC(C(=O)NCCSc2n[nH]c(C)n2)C1. The van der Waals surface area contributed by atoms with Crippen LogP contribution in [0.3, 0.4) is 0 Å². The monoisotopic (exact) mass is 487 g/mol. The third-order valence-electron chi connectivity index (χ3n) is 4.79. The van der Waals surface area contributed by atoms with Crippen molar-refractivity contribution in [2.24, 2.45) is 5.92 Å². The zero-order valence-corrected chi connectivity index (χ0v) is 19.8. The first-order valence-electron chi connectivity index (χ1n) is 10.0. The van der Waals surface area contributed by atoms with Gasteiger partial charge < -0.3 is 10.1 Å². The zero-order chi connectivity index (χ0) is 22.4. The van der Waals surface area contributed by atoms with Gasteiger partial charge in [-0.25, -0.2) is 13.4 Å². The molecule has 2 N–H and O–H groups in total. The number of sulfonamides is 1. The second-order valence-electron chi connectivity index (χ2n) is 7.07. The Kier molecular flexibility index (Phi) is 8.20. The summed E-state index contributed by atoms with van der Waals surface area (Å²) in [5.74, 6) is 1.06. The van der Waals surface area contributed by atoms with Gasteiger partial charge in [-0.15, -0.1) is 5.10 Å². The largest absolute Gasteiger partial charge is 0.492 e. The lowest BCUT2D eigenvalue weighted by molar-refractivity contribution is -0.125. The van der Waals surface area contributed by atoms with Crippen LogP contribution in [0.25, 0.3) is 0 Å². The second-order valence-corrected chi connectivity index (χ2v) is 10.5. The normalized spacial score (nSPS) is 17.5. The summed E-state index contributed by atoms with van der Waals surface area (Å²) in [5, 5.41) is 10.6. The molecule has 0 spiro atoms. The third kappa shape index (κ3) is 6.12. The number of aromatic nitrogens is 3. The first-order chi connectivity index (χ1) is 14.8. The number of aromatic amines is 1. The fourth-order valence-electron chi connectivity index (χ4n) is 3.32. The van der Waals surface area contributed by atoms with Crippen molar-refractivity contribution in [2.45, 2.75) is 36.7 Å². The predicted octanol–water partition coefficient (Wildman–Crippen LogP) is 2.47. The number of rotatable bonds is 9. The molecule has 1 amide bonds. The van der Waals surface area contributed by atoms with Gasteiger partial charge in [0.15, 0.2) is 0 Å². The van der Waals surface area contributed by atoms with Gasteiger partial charge in [0.1, 0.15) is 16.5 Å². The minimum atomic E-state index is -3.84. The molecule has 1 saturated heterocycles. The lowest BCUT2D eigenvalue weighted by atomic mass is 9.99. The summed E-state index contributed by atoms with van der Waals surface area (Å²) in [6, 6.07) is 4.55. The first kappa shape index (κ1) is 23.8. The summed E-state index contributed by atoms with van der Waals surface area (Å²) in [6.07, 6.45) is 1.24. The number of nitrogens with zero attached hydrogens (tertiary/aromatic N) is 3. The van der Waals surface area contributed by atoms with Crippen molar-refractivity contribution in [3.63, 3.8) is 0 Å². The molecule has 1 aliphatic rings. The molecule has 0 aliphatic carbocycles. The third-order valence-corrected chi connectivity index (χ3v) is 7.76. The van der Waals surface area contributed by atoms with Crippen LogP contribution in [0.2, 0.25) is 5.02 Å². The Bertz CT molecular complexity index is 1010. The van der Waals surface area contributed by atoms with Gasteiger partial charge in [-0.2, -0.15) is 4.31 Å². The second kappa shape index (κ2) is 10.7. The molecule has 3 rings (SSSR count). The van der Waals surface area contributed by atoms with Crippen LogP contribution < -0.4 is 10.1 Å². The molecule has 0 radical (unpaired) electrons. The summed E-state index contributed by atoms with van der Waals surface area (Å²) in [6.45, 7) is 4.86. The molecule has 0 bridgehead atoms. The Morgan fingerprint density at radius 3 is 2.97 bits per heavy atom. The van der Waals surface area contributed by atoms with Gasteiger partial charge in [0.25, 0.3) is 0 Å². The maximum atomic E-state index is 13.3. The van der Waals surface area contributed by atoms with Crippen molar-refractivity contribution < 1.29 is 17.9 Å². The van der Waals surface area contributed by atoms with Crippen molar-refractivity contribution >= 4 is 39.3 Å². The van der Waals surface area contributed by atoms with Crippen LogP contribution in [-0.2, 0) is 14.8 Å². The number of benzene rings is 1. The van der Waals surface area contributed by atoms with Gasteiger partial charge in [0.2, 0.25) is 21.1 Å². The minimum Gasteiger partial charge on any atom is -0.492 e. The van der Waals surface area contributed by atoms with Crippen molar-refractivity contribution in [3.8, 4) is 5.75 Å². The molecule has 170 valence electrons. The number of nitrogens with one attached hydrogen (secondary N) is 2. The number of aryl methyl sites for hydroxylation is 1. The number of hydrogen-bond acceptors (Lipinski definition) is 7. The molecule has 1 atom stereocenters. The van der Waals surface area contributed by atoms with E-state index in [1.165, 1.54) is 22.1 Å². The molecule has 2 heterocycles. The van der Waals surface area contributed by atoms with E-state index in [1.807, 2.05) is 6.92 Å². The van der Waals surface area contributed by atoms with Crippen LogP contribution in [0.15, 0.2) is 28.3 Å². The number of ether oxygens (including phenoxy) is 1. The summed E-state index contributed by atoms with van der Waals surface area (Å²) < 4.78 is 33.4.